The molecule has 2 rings (SSSR count). The molecule has 5 unspecified atom stereocenters. The highest BCUT2D eigenvalue weighted by Gasteiger charge is 2.48. The fourth-order valence-corrected chi connectivity index (χ4v) is 5.24. The van der Waals surface area contributed by atoms with E-state index in [1.54, 1.807) is 32.1 Å². The molecule has 0 aromatic rings. The molecule has 10 nitrogen and oxygen atoms in total. The van der Waals surface area contributed by atoms with Gasteiger partial charge in [0.1, 0.15) is 30.7 Å². The maximum Gasteiger partial charge on any atom is 0.330 e. The summed E-state index contributed by atoms with van der Waals surface area (Å²) in [6, 6.07) is -0.480. The van der Waals surface area contributed by atoms with Crippen molar-refractivity contribution in [3.63, 3.8) is 0 Å². The maximum absolute atomic E-state index is 12.9. The fourth-order valence-electron chi connectivity index (χ4n) is 5.24. The zero-order valence-corrected chi connectivity index (χ0v) is 25.1. The van der Waals surface area contributed by atoms with Crippen molar-refractivity contribution in [1.29, 1.82) is 0 Å². The zero-order chi connectivity index (χ0) is 30.5. The van der Waals surface area contributed by atoms with E-state index in [1.807, 2.05) is 32.0 Å². The quantitative estimate of drug-likeness (QED) is 0.249. The van der Waals surface area contributed by atoms with E-state index in [0.717, 1.165) is 6.29 Å². The number of aldehydes is 1. The van der Waals surface area contributed by atoms with Crippen molar-refractivity contribution in [1.82, 2.24) is 4.90 Å². The molecular weight excluding hydrogens is 530 g/mol. The number of nitrogens with zero attached hydrogens (tertiary/aromatic N) is 1. The van der Waals surface area contributed by atoms with Crippen LogP contribution in [0.4, 0.5) is 0 Å². The van der Waals surface area contributed by atoms with Crippen molar-refractivity contribution in [2.45, 2.75) is 89.0 Å². The Morgan fingerprint density at radius 2 is 1.88 bits per heavy atom. The third kappa shape index (κ3) is 10.4. The Hall–Kier alpha value is -2.47. The van der Waals surface area contributed by atoms with Crippen LogP contribution in [0.5, 0.6) is 0 Å². The lowest BCUT2D eigenvalue weighted by Gasteiger charge is -2.47. The smallest absolute Gasteiger partial charge is 0.330 e. The van der Waals surface area contributed by atoms with Crippen LogP contribution in [-0.4, -0.2) is 105 Å². The number of likely N-dealkylation sites (N-methyl/N-ethyl adjacent to an activating group) is 1. The highest BCUT2D eigenvalue weighted by Crippen LogP contribution is 2.32. The first kappa shape index (κ1) is 34.7. The van der Waals surface area contributed by atoms with Gasteiger partial charge in [0.05, 0.1) is 24.9 Å². The molecular formula is C31H47NO9. The number of ether oxygens (including phenoxy) is 5. The molecule has 0 aliphatic carbocycles. The summed E-state index contributed by atoms with van der Waals surface area (Å²) >= 11 is 0. The molecule has 41 heavy (non-hydrogen) atoms. The van der Waals surface area contributed by atoms with Crippen molar-refractivity contribution < 1.29 is 43.2 Å². The number of aliphatic hydroxyl groups excluding tert-OH is 1. The molecule has 10 atom stereocenters. The average molecular weight is 578 g/mol. The molecule has 0 spiro atoms. The number of esters is 1. The minimum atomic E-state index is -1.13. The number of cyclic esters (lactones) is 1. The van der Waals surface area contributed by atoms with Crippen LogP contribution >= 0.6 is 0 Å². The molecule has 0 saturated carbocycles. The molecule has 0 radical (unpaired) electrons. The predicted octanol–water partition coefficient (Wildman–Crippen LogP) is 2.80. The maximum atomic E-state index is 12.9. The summed E-state index contributed by atoms with van der Waals surface area (Å²) in [7, 11) is 5.12. The van der Waals surface area contributed by atoms with E-state index in [-0.39, 0.29) is 24.9 Å². The van der Waals surface area contributed by atoms with Crippen molar-refractivity contribution >= 4 is 18.0 Å². The fraction of sp³-hybridized carbons (Fsp3) is 0.645. The lowest BCUT2D eigenvalue weighted by atomic mass is 9.84. The number of aliphatic hydroxyl groups is 1. The summed E-state index contributed by atoms with van der Waals surface area (Å²) in [6.45, 7) is 9.38. The lowest BCUT2D eigenvalue weighted by molar-refractivity contribution is -0.307. The Kier molecular flexibility index (Phi) is 14.8. The minimum absolute atomic E-state index is 0.0572. The van der Waals surface area contributed by atoms with Crippen molar-refractivity contribution in [3.8, 4) is 0 Å². The van der Waals surface area contributed by atoms with Gasteiger partial charge in [0, 0.05) is 31.9 Å². The molecule has 2 heterocycles. The van der Waals surface area contributed by atoms with Crippen LogP contribution in [0.15, 0.2) is 49.1 Å². The van der Waals surface area contributed by atoms with Crippen molar-refractivity contribution in [2.24, 2.45) is 11.8 Å². The largest absolute Gasteiger partial charge is 0.459 e. The zero-order valence-electron chi connectivity index (χ0n) is 25.1. The Morgan fingerprint density at radius 3 is 2.51 bits per heavy atom. The SMILES string of the molecule is C=CCOC1C(C)OC(O[C@H]2[C@@H](CC=O)C[C@@H](C)C(=O)/C=C/C=C/C[C@@H](C)OC(=O)/C=C/[C@@H]2OC)C(O)C1N(C)C. The molecule has 0 bridgehead atoms. The molecule has 0 aromatic carbocycles. The predicted molar refractivity (Wildman–Crippen MR) is 154 cm³/mol. The van der Waals surface area contributed by atoms with Gasteiger partial charge in [-0.05, 0) is 52.4 Å². The first-order chi connectivity index (χ1) is 19.5. The molecule has 2 aliphatic heterocycles. The molecule has 2 aliphatic rings. The monoisotopic (exact) mass is 577 g/mol. The Balaban J connectivity index is 2.48. The molecule has 0 aromatic heterocycles. The van der Waals surface area contributed by atoms with Gasteiger partial charge in [-0.3, -0.25) is 4.79 Å². The van der Waals surface area contributed by atoms with E-state index in [1.165, 1.54) is 25.3 Å². The van der Waals surface area contributed by atoms with Gasteiger partial charge in [-0.15, -0.1) is 6.58 Å². The van der Waals surface area contributed by atoms with Crippen LogP contribution in [0.1, 0.15) is 40.0 Å². The number of methoxy groups -OCH3 is 1. The number of carbonyl (C=O) groups excluding carboxylic acids is 3. The second-order valence-corrected chi connectivity index (χ2v) is 10.9. The number of carbonyl (C=O) groups is 3. The molecule has 230 valence electrons. The van der Waals surface area contributed by atoms with Gasteiger partial charge in [0.25, 0.3) is 0 Å². The Bertz CT molecular complexity index is 946. The number of ketones is 1. The van der Waals surface area contributed by atoms with Gasteiger partial charge in [0.2, 0.25) is 0 Å². The van der Waals surface area contributed by atoms with Crippen LogP contribution in [-0.2, 0) is 38.1 Å². The first-order valence-corrected chi connectivity index (χ1v) is 14.1. The molecule has 10 heteroatoms. The molecule has 0 amide bonds. The van der Waals surface area contributed by atoms with Gasteiger partial charge in [-0.1, -0.05) is 31.2 Å². The molecule has 1 N–H and O–H groups in total. The van der Waals surface area contributed by atoms with E-state index < -0.39 is 60.7 Å². The van der Waals surface area contributed by atoms with E-state index >= 15 is 0 Å². The summed E-state index contributed by atoms with van der Waals surface area (Å²) in [4.78, 5) is 39.1. The summed E-state index contributed by atoms with van der Waals surface area (Å²) in [5.41, 5.74) is 0. The molecule has 1 saturated heterocycles. The average Bonchev–Trinajstić information content (AvgIpc) is 2.92. The van der Waals surface area contributed by atoms with Gasteiger partial charge in [-0.25, -0.2) is 4.79 Å². The van der Waals surface area contributed by atoms with Crippen LogP contribution < -0.4 is 0 Å². The van der Waals surface area contributed by atoms with E-state index in [0.29, 0.717) is 12.8 Å². The van der Waals surface area contributed by atoms with Crippen LogP contribution in [0.3, 0.4) is 0 Å². The van der Waals surface area contributed by atoms with Crippen molar-refractivity contribution in [3.05, 3.63) is 49.1 Å². The summed E-state index contributed by atoms with van der Waals surface area (Å²) < 4.78 is 29.7. The normalized spacial score (nSPS) is 38.1. The lowest BCUT2D eigenvalue weighted by Crippen LogP contribution is -2.64. The van der Waals surface area contributed by atoms with Gasteiger partial charge in [-0.2, -0.15) is 0 Å². The summed E-state index contributed by atoms with van der Waals surface area (Å²) in [5.74, 6) is -1.59. The standard InChI is InChI=1S/C31H47NO9/c1-8-18-38-29-22(4)40-31(28(36)27(29)32(5)6)41-30-23(16-17-33)19-20(2)24(34)13-11-9-10-12-21(3)39-26(35)15-14-25(30)37-7/h8-11,13-15,17,20-23,25,27-31,36H,1,12,16,18-19H2,2-7H3/b10-9+,13-11+,15-14+/t20-,21-,22?,23+,25+,27?,28?,29?,30+,31?/m1/s1. The van der Waals surface area contributed by atoms with Crippen LogP contribution in [0, 0.1) is 11.8 Å². The highest BCUT2D eigenvalue weighted by atomic mass is 16.7. The number of allylic oxidation sites excluding steroid dienone is 3. The van der Waals surface area contributed by atoms with Crippen LogP contribution in [0.2, 0.25) is 0 Å². The van der Waals surface area contributed by atoms with E-state index in [4.69, 9.17) is 23.7 Å². The first-order valence-electron chi connectivity index (χ1n) is 14.1. The van der Waals surface area contributed by atoms with Crippen LogP contribution in [0.25, 0.3) is 0 Å². The topological polar surface area (TPSA) is 121 Å². The summed E-state index contributed by atoms with van der Waals surface area (Å²) in [6.07, 6.45) is 7.49. The Labute approximate surface area is 244 Å². The van der Waals surface area contributed by atoms with Gasteiger partial charge in [0.15, 0.2) is 12.1 Å². The second kappa shape index (κ2) is 17.5. The number of hydrogen-bond donors (Lipinski definition) is 1. The summed E-state index contributed by atoms with van der Waals surface area (Å²) in [5, 5.41) is 11.4. The number of rotatable bonds is 9. The highest BCUT2D eigenvalue weighted by molar-refractivity contribution is 5.91. The Morgan fingerprint density at radius 1 is 1.15 bits per heavy atom. The van der Waals surface area contributed by atoms with Gasteiger partial charge >= 0.3 is 5.97 Å². The van der Waals surface area contributed by atoms with Gasteiger partial charge < -0.3 is 38.5 Å². The number of hydrogen-bond acceptors (Lipinski definition) is 10. The minimum Gasteiger partial charge on any atom is -0.459 e. The van der Waals surface area contributed by atoms with Crippen molar-refractivity contribution in [2.75, 3.05) is 27.8 Å². The van der Waals surface area contributed by atoms with E-state index in [9.17, 15) is 19.5 Å². The third-order valence-electron chi connectivity index (χ3n) is 7.39. The van der Waals surface area contributed by atoms with E-state index in [2.05, 4.69) is 6.58 Å². The third-order valence-corrected chi connectivity index (χ3v) is 7.39. The molecule has 1 fully saturated rings. The second-order valence-electron chi connectivity index (χ2n) is 10.9.